The van der Waals surface area contributed by atoms with Crippen molar-refractivity contribution >= 4 is 33.4 Å². The second-order valence-corrected chi connectivity index (χ2v) is 6.32. The molecule has 6 nitrogen and oxygen atoms in total. The van der Waals surface area contributed by atoms with Crippen molar-refractivity contribution in [2.45, 2.75) is 19.4 Å². The smallest absolute Gasteiger partial charge is 0.241 e. The molecule has 0 fully saturated rings. The number of hydrogen-bond donors (Lipinski definition) is 2. The fourth-order valence-electron chi connectivity index (χ4n) is 1.89. The molecule has 0 heterocycles. The van der Waals surface area contributed by atoms with Gasteiger partial charge < -0.3 is 15.4 Å². The molecule has 2 amide bonds. The van der Waals surface area contributed by atoms with Crippen LogP contribution in [-0.2, 0) is 14.3 Å². The highest BCUT2D eigenvalue weighted by Crippen LogP contribution is 2.19. The van der Waals surface area contributed by atoms with Crippen LogP contribution in [0.15, 0.2) is 22.7 Å². The van der Waals surface area contributed by atoms with E-state index in [-0.39, 0.29) is 24.0 Å². The van der Waals surface area contributed by atoms with E-state index in [4.69, 9.17) is 4.74 Å². The van der Waals surface area contributed by atoms with Gasteiger partial charge in [-0.25, -0.2) is 4.39 Å². The topological polar surface area (TPSA) is 70.7 Å². The molecular weight excluding hydrogens is 381 g/mol. The van der Waals surface area contributed by atoms with E-state index in [1.54, 1.807) is 32.0 Å². The largest absolute Gasteiger partial charge is 0.385 e. The van der Waals surface area contributed by atoms with E-state index in [0.717, 1.165) is 6.42 Å². The van der Waals surface area contributed by atoms with Gasteiger partial charge in [-0.3, -0.25) is 14.5 Å². The summed E-state index contributed by atoms with van der Waals surface area (Å²) in [6.07, 6.45) is 0.727. The minimum Gasteiger partial charge on any atom is -0.385 e. The number of benzene rings is 1. The van der Waals surface area contributed by atoms with E-state index < -0.39 is 11.9 Å². The molecule has 0 bridgehead atoms. The average Bonchev–Trinajstić information content (AvgIpc) is 2.53. The Bertz CT molecular complexity index is 571. The van der Waals surface area contributed by atoms with E-state index >= 15 is 0 Å². The van der Waals surface area contributed by atoms with E-state index in [0.29, 0.717) is 17.6 Å². The number of rotatable bonds is 9. The molecular formula is C16H23BrFN3O3. The summed E-state index contributed by atoms with van der Waals surface area (Å²) in [6.45, 7) is 2.83. The maximum absolute atomic E-state index is 13.8. The molecule has 1 rings (SSSR count). The molecule has 0 spiro atoms. The van der Waals surface area contributed by atoms with Gasteiger partial charge >= 0.3 is 0 Å². The quantitative estimate of drug-likeness (QED) is 0.618. The van der Waals surface area contributed by atoms with Crippen LogP contribution in [0, 0.1) is 5.82 Å². The Balaban J connectivity index is 2.47. The highest BCUT2D eigenvalue weighted by molar-refractivity contribution is 9.10. The Kier molecular flexibility index (Phi) is 8.88. The third-order valence-corrected chi connectivity index (χ3v) is 3.96. The minimum atomic E-state index is -0.585. The maximum atomic E-state index is 13.8. The summed E-state index contributed by atoms with van der Waals surface area (Å²) in [7, 11) is 3.26. The van der Waals surface area contributed by atoms with Crippen molar-refractivity contribution < 1.29 is 18.7 Å². The van der Waals surface area contributed by atoms with E-state index in [1.165, 1.54) is 12.1 Å². The van der Waals surface area contributed by atoms with Crippen molar-refractivity contribution in [3.05, 3.63) is 28.5 Å². The van der Waals surface area contributed by atoms with Gasteiger partial charge in [-0.2, -0.15) is 0 Å². The number of amides is 2. The van der Waals surface area contributed by atoms with Gasteiger partial charge in [0, 0.05) is 24.7 Å². The number of carbonyl (C=O) groups excluding carboxylic acids is 2. The number of ether oxygens (including phenoxy) is 1. The second-order valence-electron chi connectivity index (χ2n) is 5.40. The Labute approximate surface area is 149 Å². The first-order chi connectivity index (χ1) is 11.3. The van der Waals surface area contributed by atoms with Crippen LogP contribution >= 0.6 is 15.9 Å². The van der Waals surface area contributed by atoms with Crippen LogP contribution in [0.25, 0.3) is 0 Å². The van der Waals surface area contributed by atoms with Gasteiger partial charge in [-0.15, -0.1) is 0 Å². The molecule has 0 aliphatic heterocycles. The predicted molar refractivity (Wildman–Crippen MR) is 94.3 cm³/mol. The molecule has 0 radical (unpaired) electrons. The number of nitrogens with one attached hydrogen (secondary N) is 2. The van der Waals surface area contributed by atoms with Crippen molar-refractivity contribution in [3.63, 3.8) is 0 Å². The van der Waals surface area contributed by atoms with Crippen molar-refractivity contribution in [2.24, 2.45) is 0 Å². The minimum absolute atomic E-state index is 0.0738. The fraction of sp³-hybridized carbons (Fsp3) is 0.500. The van der Waals surface area contributed by atoms with E-state index in [1.807, 2.05) is 0 Å². The van der Waals surface area contributed by atoms with Gasteiger partial charge in [0.2, 0.25) is 11.8 Å². The fourth-order valence-corrected chi connectivity index (χ4v) is 2.23. The van der Waals surface area contributed by atoms with Crippen molar-refractivity contribution in [1.82, 2.24) is 10.2 Å². The van der Waals surface area contributed by atoms with Gasteiger partial charge in [0.05, 0.1) is 18.3 Å². The molecule has 1 atom stereocenters. The highest BCUT2D eigenvalue weighted by Gasteiger charge is 2.21. The first-order valence-corrected chi connectivity index (χ1v) is 8.36. The number of likely N-dealkylation sites (N-methyl/N-ethyl adjacent to an activating group) is 1. The molecule has 0 saturated heterocycles. The molecule has 0 aliphatic carbocycles. The summed E-state index contributed by atoms with van der Waals surface area (Å²) in [6, 6.07) is 3.81. The zero-order valence-corrected chi connectivity index (χ0v) is 15.7. The second kappa shape index (κ2) is 10.4. The zero-order valence-electron chi connectivity index (χ0n) is 14.1. The zero-order chi connectivity index (χ0) is 18.1. The summed E-state index contributed by atoms with van der Waals surface area (Å²) < 4.78 is 19.2. The summed E-state index contributed by atoms with van der Waals surface area (Å²) in [5.41, 5.74) is 0.104. The van der Waals surface area contributed by atoms with Crippen LogP contribution in [0.2, 0.25) is 0 Å². The van der Waals surface area contributed by atoms with Crippen LogP contribution in [-0.4, -0.2) is 56.6 Å². The van der Waals surface area contributed by atoms with Gasteiger partial charge in [-0.05, 0) is 38.6 Å². The summed E-state index contributed by atoms with van der Waals surface area (Å²) >= 11 is 3.16. The average molecular weight is 404 g/mol. The number of nitrogens with zero attached hydrogens (tertiary/aromatic N) is 1. The number of hydrogen-bond acceptors (Lipinski definition) is 4. The third kappa shape index (κ3) is 6.94. The molecule has 2 N–H and O–H groups in total. The molecule has 8 heteroatoms. The Morgan fingerprint density at radius 3 is 2.75 bits per heavy atom. The molecule has 0 saturated carbocycles. The third-order valence-electron chi connectivity index (χ3n) is 3.47. The Morgan fingerprint density at radius 2 is 2.12 bits per heavy atom. The van der Waals surface area contributed by atoms with Crippen LogP contribution in [0.5, 0.6) is 0 Å². The van der Waals surface area contributed by atoms with Crippen molar-refractivity contribution in [1.29, 1.82) is 0 Å². The SMILES string of the molecule is COCCCNC(=O)CN(C)C(C)C(=O)Nc1ccc(Br)cc1F. The van der Waals surface area contributed by atoms with Crippen LogP contribution in [0.1, 0.15) is 13.3 Å². The lowest BCUT2D eigenvalue weighted by Gasteiger charge is -2.23. The number of methoxy groups -OCH3 is 1. The molecule has 1 unspecified atom stereocenters. The van der Waals surface area contributed by atoms with E-state index in [2.05, 4.69) is 26.6 Å². The van der Waals surface area contributed by atoms with E-state index in [9.17, 15) is 14.0 Å². The molecule has 0 aliphatic rings. The van der Waals surface area contributed by atoms with Gasteiger partial charge in [0.1, 0.15) is 5.82 Å². The lowest BCUT2D eigenvalue weighted by Crippen LogP contribution is -2.45. The van der Waals surface area contributed by atoms with Crippen LogP contribution in [0.3, 0.4) is 0 Å². The summed E-state index contributed by atoms with van der Waals surface area (Å²) in [5, 5.41) is 5.28. The molecule has 1 aromatic carbocycles. The number of anilines is 1. The monoisotopic (exact) mass is 403 g/mol. The number of carbonyl (C=O) groups is 2. The Hall–Kier alpha value is -1.51. The number of halogens is 2. The molecule has 134 valence electrons. The van der Waals surface area contributed by atoms with Gasteiger partial charge in [0.25, 0.3) is 0 Å². The molecule has 1 aromatic rings. The summed E-state index contributed by atoms with van der Waals surface area (Å²) in [5.74, 6) is -1.09. The predicted octanol–water partition coefficient (Wildman–Crippen LogP) is 2.00. The normalized spacial score (nSPS) is 12.1. The first kappa shape index (κ1) is 20.5. The standard InChI is InChI=1S/C16H23BrFN3O3/c1-11(21(2)10-15(22)19-7-4-8-24-3)16(23)20-14-6-5-12(17)9-13(14)18/h5-6,9,11H,4,7-8,10H2,1-3H3,(H,19,22)(H,20,23). The molecule has 0 aromatic heterocycles. The van der Waals surface area contributed by atoms with Crippen molar-refractivity contribution in [3.8, 4) is 0 Å². The lowest BCUT2D eigenvalue weighted by molar-refractivity contribution is -0.124. The van der Waals surface area contributed by atoms with Crippen LogP contribution < -0.4 is 10.6 Å². The lowest BCUT2D eigenvalue weighted by atomic mass is 10.2. The summed E-state index contributed by atoms with van der Waals surface area (Å²) in [4.78, 5) is 25.6. The maximum Gasteiger partial charge on any atom is 0.241 e. The van der Waals surface area contributed by atoms with Gasteiger partial charge in [-0.1, -0.05) is 15.9 Å². The van der Waals surface area contributed by atoms with Gasteiger partial charge in [0.15, 0.2) is 0 Å². The van der Waals surface area contributed by atoms with Crippen molar-refractivity contribution in [2.75, 3.05) is 39.2 Å². The van der Waals surface area contributed by atoms with Crippen LogP contribution in [0.4, 0.5) is 10.1 Å². The first-order valence-electron chi connectivity index (χ1n) is 7.57. The molecule has 24 heavy (non-hydrogen) atoms. The highest BCUT2D eigenvalue weighted by atomic mass is 79.9. The Morgan fingerprint density at radius 1 is 1.42 bits per heavy atom.